The zero-order valence-electron chi connectivity index (χ0n) is 19.7. The van der Waals surface area contributed by atoms with Crippen molar-refractivity contribution < 1.29 is 29.3 Å². The minimum atomic E-state index is -1.72. The lowest BCUT2D eigenvalue weighted by molar-refractivity contribution is -0.150. The Hall–Kier alpha value is -3.47. The molecule has 2 atom stereocenters. The number of aliphatic hydroxyl groups is 2. The normalized spacial score (nSPS) is 18.6. The van der Waals surface area contributed by atoms with Crippen LogP contribution in [0, 0.1) is 5.41 Å². The molecule has 0 spiro atoms. The number of nitrogens with one attached hydrogen (secondary N) is 3. The molecule has 1 fully saturated rings. The van der Waals surface area contributed by atoms with Crippen LogP contribution in [-0.2, 0) is 20.9 Å². The van der Waals surface area contributed by atoms with Gasteiger partial charge in [-0.25, -0.2) is 0 Å². The van der Waals surface area contributed by atoms with Gasteiger partial charge in [0.05, 0.1) is 24.5 Å². The number of nitrogens with zero attached hydrogens (tertiary/aromatic N) is 1. The van der Waals surface area contributed by atoms with Gasteiger partial charge in [0.25, 0.3) is 11.8 Å². The number of carbonyl (C=O) groups is 2. The van der Waals surface area contributed by atoms with Crippen molar-refractivity contribution in [2.45, 2.75) is 44.6 Å². The van der Waals surface area contributed by atoms with Crippen LogP contribution in [0.3, 0.4) is 0 Å². The Balaban J connectivity index is 1.44. The summed E-state index contributed by atoms with van der Waals surface area (Å²) in [5, 5.41) is 34.0. The Morgan fingerprint density at radius 1 is 1.34 bits per heavy atom. The van der Waals surface area contributed by atoms with Gasteiger partial charge in [0.15, 0.2) is 12.2 Å². The molecule has 0 aliphatic carbocycles. The maximum absolute atomic E-state index is 13.2. The minimum Gasteiger partial charge on any atom is -0.491 e. The number of amidine groups is 1. The molecule has 10 nitrogen and oxygen atoms in total. The highest BCUT2D eigenvalue weighted by molar-refractivity contribution is 6.05. The van der Waals surface area contributed by atoms with Crippen LogP contribution < -0.4 is 20.3 Å². The standard InChI is InChI=1S/C25H30N4O6/c1-25(2,33)9-11-34-19-6-4-3-5-18(19)29-10-12-35-21(24(29)32)20(30)23(31)28-16-7-8-17-15(13-16)14-27-22(17)26/h3-8,13,20-21,30,33H,9-12,14H2,1-2H3,(H2,26,27)(H,28,31)/t20-,21-/m1/s1. The van der Waals surface area contributed by atoms with Crippen LogP contribution in [0.5, 0.6) is 5.75 Å². The highest BCUT2D eigenvalue weighted by Gasteiger charge is 2.40. The van der Waals surface area contributed by atoms with E-state index in [1.54, 1.807) is 56.3 Å². The molecule has 2 aromatic rings. The van der Waals surface area contributed by atoms with E-state index in [4.69, 9.17) is 14.9 Å². The fourth-order valence-corrected chi connectivity index (χ4v) is 3.98. The maximum Gasteiger partial charge on any atom is 0.259 e. The van der Waals surface area contributed by atoms with Crippen molar-refractivity contribution in [3.8, 4) is 5.75 Å². The summed E-state index contributed by atoms with van der Waals surface area (Å²) in [7, 11) is 0. The molecule has 0 unspecified atom stereocenters. The van der Waals surface area contributed by atoms with E-state index in [-0.39, 0.29) is 19.8 Å². The molecule has 0 saturated carbocycles. The van der Waals surface area contributed by atoms with Crippen molar-refractivity contribution in [1.29, 1.82) is 5.41 Å². The van der Waals surface area contributed by atoms with Gasteiger partial charge >= 0.3 is 0 Å². The predicted molar refractivity (Wildman–Crippen MR) is 130 cm³/mol. The Bertz CT molecular complexity index is 1130. The van der Waals surface area contributed by atoms with Gasteiger partial charge in [-0.3, -0.25) is 15.0 Å². The van der Waals surface area contributed by atoms with Crippen LogP contribution in [0.15, 0.2) is 42.5 Å². The molecule has 0 aromatic heterocycles. The van der Waals surface area contributed by atoms with E-state index in [1.165, 1.54) is 4.90 Å². The van der Waals surface area contributed by atoms with Crippen molar-refractivity contribution >= 4 is 29.0 Å². The second kappa shape index (κ2) is 10.0. The predicted octanol–water partition coefficient (Wildman–Crippen LogP) is 1.39. The van der Waals surface area contributed by atoms with Gasteiger partial charge < -0.3 is 35.2 Å². The van der Waals surface area contributed by atoms with Crippen molar-refractivity contribution in [2.24, 2.45) is 0 Å². The lowest BCUT2D eigenvalue weighted by atomic mass is 10.1. The SMILES string of the molecule is CC(C)(O)CCOc1ccccc1N1CCO[C@H]([C@@H](O)C(=O)Nc2ccc3c(c2)CNC3=N)C1=O. The topological polar surface area (TPSA) is 144 Å². The average molecular weight is 483 g/mol. The fourth-order valence-electron chi connectivity index (χ4n) is 3.98. The van der Waals surface area contributed by atoms with E-state index in [0.29, 0.717) is 35.9 Å². The number of morpholine rings is 1. The molecule has 0 radical (unpaired) electrons. The molecule has 35 heavy (non-hydrogen) atoms. The van der Waals surface area contributed by atoms with Crippen molar-refractivity contribution in [3.63, 3.8) is 0 Å². The first-order valence-electron chi connectivity index (χ1n) is 11.5. The summed E-state index contributed by atoms with van der Waals surface area (Å²) >= 11 is 0. The molecule has 1 saturated heterocycles. The number of hydrogen-bond acceptors (Lipinski definition) is 7. The van der Waals surface area contributed by atoms with Crippen molar-refractivity contribution in [3.05, 3.63) is 53.6 Å². The Morgan fingerprint density at radius 3 is 2.89 bits per heavy atom. The second-order valence-corrected chi connectivity index (χ2v) is 9.19. The number of ether oxygens (including phenoxy) is 2. The molecule has 4 rings (SSSR count). The van der Waals surface area contributed by atoms with E-state index in [1.807, 2.05) is 0 Å². The first-order valence-corrected chi connectivity index (χ1v) is 11.5. The van der Waals surface area contributed by atoms with Gasteiger partial charge in [-0.1, -0.05) is 12.1 Å². The van der Waals surface area contributed by atoms with E-state index in [2.05, 4.69) is 10.6 Å². The molecule has 0 bridgehead atoms. The van der Waals surface area contributed by atoms with Crippen LogP contribution in [0.4, 0.5) is 11.4 Å². The number of rotatable bonds is 8. The third-order valence-electron chi connectivity index (χ3n) is 5.90. The summed E-state index contributed by atoms with van der Waals surface area (Å²) in [5.41, 5.74) is 1.69. The fraction of sp³-hybridized carbons (Fsp3) is 0.400. The molecule has 10 heteroatoms. The van der Waals surface area contributed by atoms with Crippen LogP contribution in [0.25, 0.3) is 0 Å². The smallest absolute Gasteiger partial charge is 0.259 e. The summed E-state index contributed by atoms with van der Waals surface area (Å²) in [5.74, 6) is -0.532. The summed E-state index contributed by atoms with van der Waals surface area (Å²) in [4.78, 5) is 27.4. The molecule has 2 aliphatic heterocycles. The van der Waals surface area contributed by atoms with Crippen molar-refractivity contribution in [2.75, 3.05) is 30.0 Å². The highest BCUT2D eigenvalue weighted by atomic mass is 16.5. The number of benzene rings is 2. The summed E-state index contributed by atoms with van der Waals surface area (Å²) in [6.45, 7) is 4.48. The number of fused-ring (bicyclic) bond motifs is 1. The first kappa shape index (κ1) is 24.6. The van der Waals surface area contributed by atoms with Gasteiger partial charge in [-0.2, -0.15) is 0 Å². The lowest BCUT2D eigenvalue weighted by Crippen LogP contribution is -2.55. The van der Waals surface area contributed by atoms with E-state index in [9.17, 15) is 19.8 Å². The summed E-state index contributed by atoms with van der Waals surface area (Å²) in [6, 6.07) is 12.1. The monoisotopic (exact) mass is 482 g/mol. The number of aliphatic hydroxyl groups excluding tert-OH is 1. The molecule has 5 N–H and O–H groups in total. The van der Waals surface area contributed by atoms with Crippen LogP contribution in [-0.4, -0.2) is 65.4 Å². The summed E-state index contributed by atoms with van der Waals surface area (Å²) < 4.78 is 11.3. The first-order chi connectivity index (χ1) is 16.6. The van der Waals surface area contributed by atoms with Crippen LogP contribution in [0.2, 0.25) is 0 Å². The molecule has 2 amide bonds. The van der Waals surface area contributed by atoms with Crippen LogP contribution in [0.1, 0.15) is 31.4 Å². The van der Waals surface area contributed by atoms with E-state index >= 15 is 0 Å². The number of hydrogen-bond donors (Lipinski definition) is 5. The minimum absolute atomic E-state index is 0.130. The van der Waals surface area contributed by atoms with Crippen molar-refractivity contribution in [1.82, 2.24) is 5.32 Å². The quantitative estimate of drug-likeness (QED) is 0.382. The molecular weight excluding hydrogens is 452 g/mol. The molecule has 186 valence electrons. The molecular formula is C25H30N4O6. The number of amides is 2. The number of para-hydroxylation sites is 2. The molecule has 2 heterocycles. The second-order valence-electron chi connectivity index (χ2n) is 9.19. The maximum atomic E-state index is 13.2. The Kier molecular flexibility index (Phi) is 7.06. The summed E-state index contributed by atoms with van der Waals surface area (Å²) in [6.07, 6.45) is -2.70. The van der Waals surface area contributed by atoms with Gasteiger partial charge in [0, 0.05) is 30.8 Å². The Labute approximate surface area is 203 Å². The largest absolute Gasteiger partial charge is 0.491 e. The van der Waals surface area contributed by atoms with Gasteiger partial charge in [0.2, 0.25) is 0 Å². The van der Waals surface area contributed by atoms with Gasteiger partial charge in [-0.05, 0) is 49.7 Å². The Morgan fingerprint density at radius 2 is 2.11 bits per heavy atom. The highest BCUT2D eigenvalue weighted by Crippen LogP contribution is 2.31. The molecule has 2 aromatic carbocycles. The lowest BCUT2D eigenvalue weighted by Gasteiger charge is -2.34. The van der Waals surface area contributed by atoms with Gasteiger partial charge in [0.1, 0.15) is 11.6 Å². The third kappa shape index (κ3) is 5.61. The number of anilines is 2. The van der Waals surface area contributed by atoms with E-state index in [0.717, 1.165) is 11.1 Å². The number of carbonyl (C=O) groups excluding carboxylic acids is 2. The molecule has 2 aliphatic rings. The third-order valence-corrected chi connectivity index (χ3v) is 5.90. The zero-order valence-corrected chi connectivity index (χ0v) is 19.7. The van der Waals surface area contributed by atoms with E-state index < -0.39 is 29.6 Å². The average Bonchev–Trinajstić information content (AvgIpc) is 3.18. The van der Waals surface area contributed by atoms with Crippen LogP contribution >= 0.6 is 0 Å². The van der Waals surface area contributed by atoms with Gasteiger partial charge in [-0.15, -0.1) is 0 Å². The zero-order chi connectivity index (χ0) is 25.2.